The van der Waals surface area contributed by atoms with Gasteiger partial charge in [-0.3, -0.25) is 9.59 Å². The Morgan fingerprint density at radius 3 is 1.21 bits per heavy atom. The first kappa shape index (κ1) is 30.7. The van der Waals surface area contributed by atoms with E-state index in [2.05, 4.69) is 9.97 Å². The van der Waals surface area contributed by atoms with Gasteiger partial charge >= 0.3 is 0 Å². The first-order chi connectivity index (χ1) is 25.6. The highest BCUT2D eigenvalue weighted by atomic mass is 16.1. The maximum atomic E-state index is 13.3. The zero-order valence-corrected chi connectivity index (χ0v) is 27.6. The van der Waals surface area contributed by atoms with Gasteiger partial charge in [-0.05, 0) is 41.5 Å². The average molecular weight is 681 g/mol. The molecule has 0 unspecified atom stereocenters. The van der Waals surface area contributed by atoms with Crippen molar-refractivity contribution in [2.75, 3.05) is 0 Å². The van der Waals surface area contributed by atoms with Crippen molar-refractivity contribution in [1.82, 2.24) is 48.8 Å². The maximum absolute atomic E-state index is 13.3. The van der Waals surface area contributed by atoms with Crippen LogP contribution >= 0.6 is 0 Å². The summed E-state index contributed by atoms with van der Waals surface area (Å²) >= 11 is 0. The second-order valence-electron chi connectivity index (χ2n) is 12.2. The molecule has 12 nitrogen and oxygen atoms in total. The fourth-order valence-electron chi connectivity index (χ4n) is 6.19. The molecule has 0 bridgehead atoms. The summed E-state index contributed by atoms with van der Waals surface area (Å²) in [7, 11) is 0. The van der Waals surface area contributed by atoms with Crippen molar-refractivity contribution in [3.63, 3.8) is 0 Å². The summed E-state index contributed by atoms with van der Waals surface area (Å²) < 4.78 is 6.46. The molecule has 0 N–H and O–H groups in total. The molecule has 5 aromatic carbocycles. The molecule has 0 aliphatic carbocycles. The van der Waals surface area contributed by atoms with Crippen molar-refractivity contribution in [1.29, 1.82) is 0 Å². The average Bonchev–Trinajstić information content (AvgIpc) is 3.75. The van der Waals surface area contributed by atoms with Crippen molar-refractivity contribution in [3.05, 3.63) is 189 Å². The number of fused-ring (bicyclic) bond motifs is 2. The standard InChI is InChI=1S/C40H28N10O2/c51-37-33(24-27-14-5-1-6-15-27)43-49-35(45-47(39(49)41-37)31-20-9-3-10-21-31)29-18-13-19-30(26-29)36-46-48(32-22-11-4-12-23-32)40-42-38(52)34(44-50(36)40)25-28-16-7-2-8-17-28/h1-23,26H,24-25H2. The maximum Gasteiger partial charge on any atom is 0.296 e. The van der Waals surface area contributed by atoms with Crippen LogP contribution in [-0.4, -0.2) is 48.8 Å². The second-order valence-corrected chi connectivity index (χ2v) is 12.2. The molecule has 0 aliphatic heterocycles. The summed E-state index contributed by atoms with van der Waals surface area (Å²) in [6.07, 6.45) is 0.633. The molecule has 4 aromatic heterocycles. The quantitative estimate of drug-likeness (QED) is 0.209. The smallest absolute Gasteiger partial charge is 0.265 e. The van der Waals surface area contributed by atoms with E-state index in [1.54, 1.807) is 18.4 Å². The topological polar surface area (TPSA) is 130 Å². The summed E-state index contributed by atoms with van der Waals surface area (Å²) in [6, 6.07) is 46.0. The molecule has 250 valence electrons. The first-order valence-corrected chi connectivity index (χ1v) is 16.7. The molecule has 0 saturated heterocycles. The fraction of sp³-hybridized carbons (Fsp3) is 0.0500. The van der Waals surface area contributed by atoms with E-state index in [1.165, 1.54) is 0 Å². The van der Waals surface area contributed by atoms with Crippen LogP contribution in [-0.2, 0) is 12.8 Å². The first-order valence-electron chi connectivity index (χ1n) is 16.7. The minimum atomic E-state index is -0.418. The molecule has 0 spiro atoms. The molecule has 12 heteroatoms. The van der Waals surface area contributed by atoms with E-state index in [9.17, 15) is 9.59 Å². The molecule has 0 saturated carbocycles. The lowest BCUT2D eigenvalue weighted by atomic mass is 10.1. The van der Waals surface area contributed by atoms with Crippen molar-refractivity contribution in [2.45, 2.75) is 12.8 Å². The molecular weight excluding hydrogens is 653 g/mol. The summed E-state index contributed by atoms with van der Waals surface area (Å²) in [5.74, 6) is 1.50. The number of para-hydroxylation sites is 2. The van der Waals surface area contributed by atoms with Gasteiger partial charge in [-0.15, -0.1) is 10.2 Å². The Balaban J connectivity index is 1.23. The lowest BCUT2D eigenvalue weighted by molar-refractivity contribution is 0.817. The highest BCUT2D eigenvalue weighted by Gasteiger charge is 2.22. The normalized spacial score (nSPS) is 11.4. The third-order valence-corrected chi connectivity index (χ3v) is 8.70. The van der Waals surface area contributed by atoms with Gasteiger partial charge in [-0.2, -0.15) is 38.6 Å². The van der Waals surface area contributed by atoms with Gasteiger partial charge in [0.1, 0.15) is 11.4 Å². The van der Waals surface area contributed by atoms with Crippen LogP contribution in [0.1, 0.15) is 22.5 Å². The Morgan fingerprint density at radius 2 is 0.808 bits per heavy atom. The van der Waals surface area contributed by atoms with Crippen LogP contribution in [0.3, 0.4) is 0 Å². The van der Waals surface area contributed by atoms with E-state index in [0.29, 0.717) is 47.0 Å². The van der Waals surface area contributed by atoms with Gasteiger partial charge in [0, 0.05) is 24.0 Å². The molecule has 4 heterocycles. The van der Waals surface area contributed by atoms with Crippen LogP contribution in [0.25, 0.3) is 45.7 Å². The monoisotopic (exact) mass is 680 g/mol. The van der Waals surface area contributed by atoms with E-state index >= 15 is 0 Å². The number of hydrogen-bond acceptors (Lipinski definition) is 8. The number of benzene rings is 5. The zero-order valence-electron chi connectivity index (χ0n) is 27.6. The third-order valence-electron chi connectivity index (χ3n) is 8.70. The summed E-state index contributed by atoms with van der Waals surface area (Å²) in [5.41, 5.74) is 4.49. The Bertz CT molecular complexity index is 2640. The Morgan fingerprint density at radius 1 is 0.423 bits per heavy atom. The summed E-state index contributed by atoms with van der Waals surface area (Å²) in [5, 5.41) is 19.6. The molecule has 9 aromatic rings. The van der Waals surface area contributed by atoms with Crippen LogP contribution in [0, 0.1) is 0 Å². The highest BCUT2D eigenvalue weighted by molar-refractivity contribution is 5.69. The highest BCUT2D eigenvalue weighted by Crippen LogP contribution is 2.27. The Hall–Kier alpha value is -7.34. The van der Waals surface area contributed by atoms with E-state index in [-0.39, 0.29) is 11.6 Å². The van der Waals surface area contributed by atoms with E-state index < -0.39 is 11.1 Å². The molecule has 9 rings (SSSR count). The van der Waals surface area contributed by atoms with Crippen molar-refractivity contribution in [3.8, 4) is 34.2 Å². The molecule has 52 heavy (non-hydrogen) atoms. The number of nitrogens with zero attached hydrogens (tertiary/aromatic N) is 10. The summed E-state index contributed by atoms with van der Waals surface area (Å²) in [4.78, 5) is 35.6. The van der Waals surface area contributed by atoms with Crippen LogP contribution in [0.2, 0.25) is 0 Å². The van der Waals surface area contributed by atoms with Gasteiger partial charge in [0.2, 0.25) is 0 Å². The molecule has 0 atom stereocenters. The molecule has 0 radical (unpaired) electrons. The third kappa shape index (κ3) is 5.63. The van der Waals surface area contributed by atoms with E-state index in [1.807, 2.05) is 146 Å². The van der Waals surface area contributed by atoms with Crippen LogP contribution < -0.4 is 11.1 Å². The van der Waals surface area contributed by atoms with Gasteiger partial charge in [-0.1, -0.05) is 115 Å². The Labute approximate surface area is 295 Å². The van der Waals surface area contributed by atoms with Crippen LogP contribution in [0.4, 0.5) is 0 Å². The predicted molar refractivity (Wildman–Crippen MR) is 196 cm³/mol. The largest absolute Gasteiger partial charge is 0.296 e. The molecule has 0 amide bonds. The van der Waals surface area contributed by atoms with Gasteiger partial charge < -0.3 is 0 Å². The minimum absolute atomic E-state index is 0.279. The molecular formula is C40H28N10O2. The molecule has 0 aliphatic rings. The van der Waals surface area contributed by atoms with Gasteiger partial charge in [0.25, 0.3) is 22.7 Å². The number of hydrogen-bond donors (Lipinski definition) is 0. The zero-order chi connectivity index (χ0) is 35.0. The lowest BCUT2D eigenvalue weighted by Gasteiger charge is -2.05. The minimum Gasteiger partial charge on any atom is -0.265 e. The predicted octanol–water partition coefficient (Wildman–Crippen LogP) is 5.38. The van der Waals surface area contributed by atoms with E-state index in [4.69, 9.17) is 20.4 Å². The number of rotatable bonds is 8. The fourth-order valence-corrected chi connectivity index (χ4v) is 6.19. The molecule has 0 fully saturated rings. The second kappa shape index (κ2) is 12.8. The summed E-state index contributed by atoms with van der Waals surface area (Å²) in [6.45, 7) is 0. The van der Waals surface area contributed by atoms with Crippen molar-refractivity contribution in [2.24, 2.45) is 0 Å². The Kier molecular flexibility index (Phi) is 7.58. The van der Waals surface area contributed by atoms with Gasteiger partial charge in [0.05, 0.1) is 11.4 Å². The van der Waals surface area contributed by atoms with Crippen molar-refractivity contribution < 1.29 is 0 Å². The number of aromatic nitrogens is 10. The SMILES string of the molecule is O=c1nc2n(-c3ccccc3)nc(-c3cccc(-c4nn(-c5ccccc5)c5nc(=O)c(Cc6ccccc6)nn45)c3)n2nc1Cc1ccccc1. The van der Waals surface area contributed by atoms with E-state index in [0.717, 1.165) is 22.5 Å². The van der Waals surface area contributed by atoms with Crippen molar-refractivity contribution >= 4 is 11.6 Å². The van der Waals surface area contributed by atoms with Crippen LogP contribution in [0.15, 0.2) is 155 Å². The van der Waals surface area contributed by atoms with Crippen LogP contribution in [0.5, 0.6) is 0 Å². The lowest BCUT2D eigenvalue weighted by Crippen LogP contribution is -2.20. The van der Waals surface area contributed by atoms with Gasteiger partial charge in [-0.25, -0.2) is 0 Å². The van der Waals surface area contributed by atoms with Gasteiger partial charge in [0.15, 0.2) is 11.6 Å².